The van der Waals surface area contributed by atoms with Crippen LogP contribution in [0.5, 0.6) is 0 Å². The van der Waals surface area contributed by atoms with Crippen molar-refractivity contribution in [1.82, 2.24) is 5.32 Å². The fourth-order valence-electron chi connectivity index (χ4n) is 2.69. The summed E-state index contributed by atoms with van der Waals surface area (Å²) in [6, 6.07) is 4.91. The quantitative estimate of drug-likeness (QED) is 0.895. The fraction of sp³-hybridized carbons (Fsp3) is 0.600. The SMILES string of the molecule is CCNCC1(Cc2c(F)cccc2Cl)CCOCC1. The van der Waals surface area contributed by atoms with E-state index in [1.165, 1.54) is 6.07 Å². The Balaban J connectivity index is 2.19. The molecule has 106 valence electrons. The van der Waals surface area contributed by atoms with Crippen LogP contribution in [0.25, 0.3) is 0 Å². The van der Waals surface area contributed by atoms with Gasteiger partial charge in [-0.15, -0.1) is 0 Å². The molecule has 1 aromatic carbocycles. The average molecular weight is 286 g/mol. The first-order chi connectivity index (χ1) is 9.17. The third-order valence-corrected chi connectivity index (χ3v) is 4.27. The van der Waals surface area contributed by atoms with Gasteiger partial charge in [-0.3, -0.25) is 0 Å². The zero-order valence-electron chi connectivity index (χ0n) is 11.3. The van der Waals surface area contributed by atoms with Gasteiger partial charge in [0.2, 0.25) is 0 Å². The van der Waals surface area contributed by atoms with Crippen molar-refractivity contribution in [3.8, 4) is 0 Å². The monoisotopic (exact) mass is 285 g/mol. The molecule has 0 unspecified atom stereocenters. The summed E-state index contributed by atoms with van der Waals surface area (Å²) >= 11 is 6.15. The molecule has 1 saturated heterocycles. The molecule has 0 bridgehead atoms. The molecule has 2 nitrogen and oxygen atoms in total. The lowest BCUT2D eigenvalue weighted by Crippen LogP contribution is -2.41. The van der Waals surface area contributed by atoms with E-state index in [-0.39, 0.29) is 11.2 Å². The molecule has 0 spiro atoms. The highest BCUT2D eigenvalue weighted by Gasteiger charge is 2.33. The van der Waals surface area contributed by atoms with Crippen LogP contribution in [0.1, 0.15) is 25.3 Å². The topological polar surface area (TPSA) is 21.3 Å². The van der Waals surface area contributed by atoms with E-state index in [4.69, 9.17) is 16.3 Å². The fourth-order valence-corrected chi connectivity index (χ4v) is 2.92. The summed E-state index contributed by atoms with van der Waals surface area (Å²) in [5.41, 5.74) is 0.698. The second-order valence-electron chi connectivity index (χ2n) is 5.27. The predicted octanol–water partition coefficient (Wildman–Crippen LogP) is 3.43. The Morgan fingerprint density at radius 2 is 2.11 bits per heavy atom. The van der Waals surface area contributed by atoms with Crippen LogP contribution in [0.15, 0.2) is 18.2 Å². The summed E-state index contributed by atoms with van der Waals surface area (Å²) in [6.07, 6.45) is 2.57. The van der Waals surface area contributed by atoms with E-state index in [9.17, 15) is 4.39 Å². The van der Waals surface area contributed by atoms with Gasteiger partial charge in [-0.2, -0.15) is 0 Å². The van der Waals surface area contributed by atoms with Gasteiger partial charge < -0.3 is 10.1 Å². The summed E-state index contributed by atoms with van der Waals surface area (Å²) < 4.78 is 19.4. The molecule has 0 aliphatic carbocycles. The third kappa shape index (κ3) is 3.68. The van der Waals surface area contributed by atoms with Gasteiger partial charge >= 0.3 is 0 Å². The number of benzene rings is 1. The van der Waals surface area contributed by atoms with Crippen LogP contribution in [-0.2, 0) is 11.2 Å². The number of ether oxygens (including phenoxy) is 1. The Morgan fingerprint density at radius 1 is 1.37 bits per heavy atom. The van der Waals surface area contributed by atoms with Crippen molar-refractivity contribution in [3.05, 3.63) is 34.6 Å². The first-order valence-electron chi connectivity index (χ1n) is 6.88. The van der Waals surface area contributed by atoms with E-state index in [0.717, 1.165) is 39.1 Å². The van der Waals surface area contributed by atoms with Crippen LogP contribution in [0, 0.1) is 11.2 Å². The Kier molecular flexibility index (Phi) is 5.20. The van der Waals surface area contributed by atoms with Gasteiger partial charge in [-0.05, 0) is 43.4 Å². The molecule has 1 N–H and O–H groups in total. The van der Waals surface area contributed by atoms with Gasteiger partial charge in [0.1, 0.15) is 5.82 Å². The highest BCUT2D eigenvalue weighted by atomic mass is 35.5. The normalized spacial score (nSPS) is 18.5. The van der Waals surface area contributed by atoms with Crippen LogP contribution < -0.4 is 5.32 Å². The zero-order valence-corrected chi connectivity index (χ0v) is 12.1. The molecule has 0 radical (unpaired) electrons. The predicted molar refractivity (Wildman–Crippen MR) is 76.1 cm³/mol. The molecule has 1 heterocycles. The average Bonchev–Trinajstić information content (AvgIpc) is 2.42. The molecular weight excluding hydrogens is 265 g/mol. The molecular formula is C15H21ClFNO. The van der Waals surface area contributed by atoms with E-state index >= 15 is 0 Å². The van der Waals surface area contributed by atoms with Crippen molar-refractivity contribution >= 4 is 11.6 Å². The Bertz CT molecular complexity index is 398. The van der Waals surface area contributed by atoms with Crippen molar-refractivity contribution in [1.29, 1.82) is 0 Å². The lowest BCUT2D eigenvalue weighted by Gasteiger charge is -2.38. The maximum atomic E-state index is 14.0. The van der Waals surface area contributed by atoms with E-state index in [2.05, 4.69) is 12.2 Å². The summed E-state index contributed by atoms with van der Waals surface area (Å²) in [7, 11) is 0. The summed E-state index contributed by atoms with van der Waals surface area (Å²) in [6.45, 7) is 5.39. The van der Waals surface area contributed by atoms with Crippen LogP contribution in [-0.4, -0.2) is 26.3 Å². The minimum atomic E-state index is -0.199. The van der Waals surface area contributed by atoms with Gasteiger partial charge in [-0.1, -0.05) is 24.6 Å². The molecule has 0 amide bonds. The van der Waals surface area contributed by atoms with Crippen LogP contribution >= 0.6 is 11.6 Å². The lowest BCUT2D eigenvalue weighted by molar-refractivity contribution is 0.0148. The highest BCUT2D eigenvalue weighted by molar-refractivity contribution is 6.31. The van der Waals surface area contributed by atoms with E-state index < -0.39 is 0 Å². The van der Waals surface area contributed by atoms with Crippen LogP contribution in [0.4, 0.5) is 4.39 Å². The van der Waals surface area contributed by atoms with E-state index in [0.29, 0.717) is 17.0 Å². The Morgan fingerprint density at radius 3 is 2.74 bits per heavy atom. The Labute approximate surface area is 119 Å². The van der Waals surface area contributed by atoms with Crippen molar-refractivity contribution < 1.29 is 9.13 Å². The minimum Gasteiger partial charge on any atom is -0.381 e. The number of hydrogen-bond acceptors (Lipinski definition) is 2. The van der Waals surface area contributed by atoms with Crippen molar-refractivity contribution in [3.63, 3.8) is 0 Å². The summed E-state index contributed by atoms with van der Waals surface area (Å²) in [5.74, 6) is -0.199. The molecule has 4 heteroatoms. The van der Waals surface area contributed by atoms with Gasteiger partial charge in [-0.25, -0.2) is 4.39 Å². The van der Waals surface area contributed by atoms with Crippen molar-refractivity contribution in [2.75, 3.05) is 26.3 Å². The lowest BCUT2D eigenvalue weighted by atomic mass is 9.75. The van der Waals surface area contributed by atoms with Crippen LogP contribution in [0.2, 0.25) is 5.02 Å². The first kappa shape index (κ1) is 14.8. The minimum absolute atomic E-state index is 0.0556. The number of hydrogen-bond donors (Lipinski definition) is 1. The standard InChI is InChI=1S/C15H21ClFNO/c1-2-18-11-15(6-8-19-9-7-15)10-12-13(16)4-3-5-14(12)17/h3-5,18H,2,6-11H2,1H3. The molecule has 1 aromatic rings. The number of nitrogens with one attached hydrogen (secondary N) is 1. The van der Waals surface area contributed by atoms with E-state index in [1.807, 2.05) is 0 Å². The maximum absolute atomic E-state index is 14.0. The molecule has 0 atom stereocenters. The van der Waals surface area contributed by atoms with Gasteiger partial charge in [0.15, 0.2) is 0 Å². The molecule has 19 heavy (non-hydrogen) atoms. The first-order valence-corrected chi connectivity index (χ1v) is 7.26. The largest absolute Gasteiger partial charge is 0.381 e. The third-order valence-electron chi connectivity index (χ3n) is 3.92. The van der Waals surface area contributed by atoms with Gasteiger partial charge in [0.25, 0.3) is 0 Å². The molecule has 1 fully saturated rings. The summed E-state index contributed by atoms with van der Waals surface area (Å²) in [5, 5.41) is 3.93. The van der Waals surface area contributed by atoms with Gasteiger partial charge in [0.05, 0.1) is 0 Å². The molecule has 1 aliphatic rings. The van der Waals surface area contributed by atoms with Crippen molar-refractivity contribution in [2.45, 2.75) is 26.2 Å². The molecule has 1 aliphatic heterocycles. The zero-order chi connectivity index (χ0) is 13.7. The Hall–Kier alpha value is -0.640. The van der Waals surface area contributed by atoms with Gasteiger partial charge in [0, 0.05) is 30.3 Å². The maximum Gasteiger partial charge on any atom is 0.127 e. The summed E-state index contributed by atoms with van der Waals surface area (Å²) in [4.78, 5) is 0. The molecule has 2 rings (SSSR count). The van der Waals surface area contributed by atoms with Crippen molar-refractivity contribution in [2.24, 2.45) is 5.41 Å². The second-order valence-corrected chi connectivity index (χ2v) is 5.68. The van der Waals surface area contributed by atoms with Crippen LogP contribution in [0.3, 0.4) is 0 Å². The molecule has 0 aromatic heterocycles. The highest BCUT2D eigenvalue weighted by Crippen LogP contribution is 2.36. The smallest absolute Gasteiger partial charge is 0.127 e. The number of rotatable bonds is 5. The number of halogens is 2. The second kappa shape index (κ2) is 6.69. The molecule has 0 saturated carbocycles. The van der Waals surface area contributed by atoms with E-state index in [1.54, 1.807) is 12.1 Å².